The first-order valence-corrected chi connectivity index (χ1v) is 20.6. The highest BCUT2D eigenvalue weighted by molar-refractivity contribution is 6.12. The number of hydrogen-bond donors (Lipinski definition) is 2. The van der Waals surface area contributed by atoms with Gasteiger partial charge in [-0.1, -0.05) is 97.1 Å². The first-order valence-electron chi connectivity index (χ1n) is 20.6. The predicted molar refractivity (Wildman–Crippen MR) is 241 cm³/mol. The molecule has 3 aromatic heterocycles. The molecule has 2 atom stereocenters. The lowest BCUT2D eigenvalue weighted by Crippen LogP contribution is -2.23. The maximum absolute atomic E-state index is 5.41. The van der Waals surface area contributed by atoms with Crippen LogP contribution in [0.2, 0.25) is 0 Å². The van der Waals surface area contributed by atoms with Crippen LogP contribution in [0.4, 0.5) is 0 Å². The number of fused-ring (bicyclic) bond motifs is 25. The zero-order valence-corrected chi connectivity index (χ0v) is 32.1. The molecule has 4 aliphatic rings. The normalized spacial score (nSPS) is 16.4. The molecule has 8 nitrogen and oxygen atoms in total. The molecule has 8 bridgehead atoms. The Kier molecular flexibility index (Phi) is 6.36. The van der Waals surface area contributed by atoms with Crippen LogP contribution < -0.4 is 0 Å². The minimum atomic E-state index is 0.482. The van der Waals surface area contributed by atoms with E-state index in [0.717, 1.165) is 89.0 Å². The number of aromatic nitrogens is 8. The SMILES string of the molecule is C1=CC2Cc3cc4c5nc6nc(nc7[nH]c(nc8nc(nc([nH]5)c4cc3CC2C=C1)-c1cc2ccccc2cc1-8)c1cc2ccccc2cc71)-c1cc2ccccc2cc1-6. The Morgan fingerprint density at radius 3 is 0.983 bits per heavy atom. The highest BCUT2D eigenvalue weighted by Crippen LogP contribution is 2.42. The molecule has 0 saturated heterocycles. The summed E-state index contributed by atoms with van der Waals surface area (Å²) in [5.74, 6) is 3.36. The summed E-state index contributed by atoms with van der Waals surface area (Å²) in [5, 5.41) is 10.6. The molecule has 2 N–H and O–H groups in total. The van der Waals surface area contributed by atoms with Gasteiger partial charge in [0.25, 0.3) is 0 Å². The van der Waals surface area contributed by atoms with E-state index in [-0.39, 0.29) is 0 Å². The van der Waals surface area contributed by atoms with E-state index in [1.165, 1.54) is 11.1 Å². The van der Waals surface area contributed by atoms with E-state index in [1.807, 2.05) is 0 Å². The molecule has 0 radical (unpaired) electrons. The summed E-state index contributed by atoms with van der Waals surface area (Å²) in [7, 11) is 0. The number of benzene rings is 7. The Hall–Kier alpha value is -7.84. The van der Waals surface area contributed by atoms with Crippen molar-refractivity contribution in [3.05, 3.63) is 157 Å². The van der Waals surface area contributed by atoms with Crippen LogP contribution in [0.25, 0.3) is 122 Å². The molecule has 10 aromatic rings. The van der Waals surface area contributed by atoms with Crippen LogP contribution in [-0.2, 0) is 12.8 Å². The standard InChI is InChI=1S/C52H32N8/c1-2-10-28-18-36-26-44-43(25-35(36)17-27(28)9-1)51-58-49-41-23-33-15-7-5-13-31(33)21-39(41)47(56-49)54-45-37-19-29-11-3-4-12-30(29)20-38(37)46(53-45)55-48-40-22-32-14-6-8-16-34(32)24-42(40)50(57-48)59-52(44)60-51/h1-16,19-28H,17-18H2,(H2,53,54,55,56,57,58,59,60). The first kappa shape index (κ1) is 32.2. The second-order valence-corrected chi connectivity index (χ2v) is 16.5. The molecule has 0 fully saturated rings. The second-order valence-electron chi connectivity index (χ2n) is 16.5. The Balaban J connectivity index is 1.15. The van der Waals surface area contributed by atoms with Gasteiger partial charge >= 0.3 is 0 Å². The Morgan fingerprint density at radius 2 is 0.650 bits per heavy atom. The van der Waals surface area contributed by atoms with Gasteiger partial charge in [-0.15, -0.1) is 0 Å². The second kappa shape index (κ2) is 11.9. The summed E-state index contributed by atoms with van der Waals surface area (Å²) in [5.41, 5.74) is 9.21. The van der Waals surface area contributed by atoms with Gasteiger partial charge in [0.05, 0.1) is 0 Å². The number of H-pyrrole nitrogens is 2. The van der Waals surface area contributed by atoms with E-state index in [2.05, 4.69) is 156 Å². The third kappa shape index (κ3) is 4.73. The lowest BCUT2D eigenvalue weighted by molar-refractivity contribution is 0.438. The molecule has 2 aliphatic carbocycles. The van der Waals surface area contributed by atoms with Crippen LogP contribution in [0.5, 0.6) is 0 Å². The smallest absolute Gasteiger partial charge is 0.164 e. The minimum Gasteiger partial charge on any atom is -0.324 e. The monoisotopic (exact) mass is 768 g/mol. The van der Waals surface area contributed by atoms with E-state index in [4.69, 9.17) is 29.9 Å². The minimum absolute atomic E-state index is 0.482. The van der Waals surface area contributed by atoms with Crippen LogP contribution in [0.15, 0.2) is 146 Å². The fourth-order valence-electron chi connectivity index (χ4n) is 10.0. The number of nitrogens with one attached hydrogen (secondary N) is 2. The molecular formula is C52H32N8. The number of rotatable bonds is 0. The largest absolute Gasteiger partial charge is 0.324 e. The molecule has 0 saturated carbocycles. The topological polar surface area (TPSA) is 109 Å². The summed E-state index contributed by atoms with van der Waals surface area (Å²) in [6, 6.07) is 43.0. The van der Waals surface area contributed by atoms with Crippen LogP contribution in [-0.4, -0.2) is 39.9 Å². The molecular weight excluding hydrogens is 737 g/mol. The molecule has 5 heterocycles. The van der Waals surface area contributed by atoms with Crippen molar-refractivity contribution in [2.24, 2.45) is 11.8 Å². The van der Waals surface area contributed by atoms with Gasteiger partial charge in [-0.25, -0.2) is 29.9 Å². The zero-order chi connectivity index (χ0) is 39.1. The van der Waals surface area contributed by atoms with Gasteiger partial charge < -0.3 is 9.97 Å². The summed E-state index contributed by atoms with van der Waals surface area (Å²) in [6.45, 7) is 0. The number of allylic oxidation sites excluding steroid dienone is 4. The van der Waals surface area contributed by atoms with Gasteiger partial charge in [0.15, 0.2) is 23.3 Å². The summed E-state index contributed by atoms with van der Waals surface area (Å²) >= 11 is 0. The Labute approximate surface area is 342 Å². The number of aromatic amines is 2. The van der Waals surface area contributed by atoms with Gasteiger partial charge in [0, 0.05) is 43.8 Å². The van der Waals surface area contributed by atoms with Crippen molar-refractivity contribution in [2.45, 2.75) is 12.8 Å². The van der Waals surface area contributed by atoms with Crippen LogP contribution in [0.1, 0.15) is 11.1 Å². The average molecular weight is 769 g/mol. The van der Waals surface area contributed by atoms with Crippen molar-refractivity contribution in [1.29, 1.82) is 0 Å². The molecule has 280 valence electrons. The van der Waals surface area contributed by atoms with Crippen LogP contribution in [0.3, 0.4) is 0 Å². The first-order chi connectivity index (χ1) is 29.6. The fourth-order valence-corrected chi connectivity index (χ4v) is 10.0. The fraction of sp³-hybridized carbons (Fsp3) is 0.0769. The lowest BCUT2D eigenvalue weighted by atomic mass is 9.74. The van der Waals surface area contributed by atoms with E-state index in [9.17, 15) is 0 Å². The highest BCUT2D eigenvalue weighted by Gasteiger charge is 2.28. The third-order valence-corrected chi connectivity index (χ3v) is 13.0. The van der Waals surface area contributed by atoms with Gasteiger partial charge in [-0.3, -0.25) is 0 Å². The lowest BCUT2D eigenvalue weighted by Gasteiger charge is -2.31. The van der Waals surface area contributed by atoms with Crippen molar-refractivity contribution >= 4 is 76.5 Å². The molecule has 0 amide bonds. The summed E-state index contributed by atoms with van der Waals surface area (Å²) in [4.78, 5) is 39.4. The van der Waals surface area contributed by atoms with Crippen molar-refractivity contribution in [3.8, 4) is 45.6 Å². The highest BCUT2D eigenvalue weighted by atomic mass is 15.1. The van der Waals surface area contributed by atoms with Crippen molar-refractivity contribution < 1.29 is 0 Å². The van der Waals surface area contributed by atoms with Gasteiger partial charge in [-0.2, -0.15) is 0 Å². The Morgan fingerprint density at radius 1 is 0.350 bits per heavy atom. The van der Waals surface area contributed by atoms with Gasteiger partial charge in [0.1, 0.15) is 22.6 Å². The Bertz CT molecular complexity index is 3570. The molecule has 2 aliphatic heterocycles. The third-order valence-electron chi connectivity index (χ3n) is 13.0. The molecule has 0 spiro atoms. The van der Waals surface area contributed by atoms with Crippen LogP contribution >= 0.6 is 0 Å². The predicted octanol–water partition coefficient (Wildman–Crippen LogP) is 11.8. The average Bonchev–Trinajstić information content (AvgIpc) is 4.00. The van der Waals surface area contributed by atoms with E-state index < -0.39 is 0 Å². The van der Waals surface area contributed by atoms with Gasteiger partial charge in [-0.05, 0) is 117 Å². The molecule has 8 heteroatoms. The van der Waals surface area contributed by atoms with E-state index in [1.54, 1.807) is 0 Å². The quantitative estimate of drug-likeness (QED) is 0.159. The number of hydrogen-bond acceptors (Lipinski definition) is 6. The summed E-state index contributed by atoms with van der Waals surface area (Å²) in [6.07, 6.45) is 11.1. The van der Waals surface area contributed by atoms with Crippen molar-refractivity contribution in [2.75, 3.05) is 0 Å². The van der Waals surface area contributed by atoms with Crippen molar-refractivity contribution in [1.82, 2.24) is 39.9 Å². The number of nitrogens with zero attached hydrogens (tertiary/aromatic N) is 6. The zero-order valence-electron chi connectivity index (χ0n) is 32.1. The van der Waals surface area contributed by atoms with E-state index in [0.29, 0.717) is 57.7 Å². The van der Waals surface area contributed by atoms with Crippen molar-refractivity contribution in [3.63, 3.8) is 0 Å². The maximum Gasteiger partial charge on any atom is 0.164 e. The molecule has 14 rings (SSSR count). The molecule has 7 aromatic carbocycles. The van der Waals surface area contributed by atoms with Crippen LogP contribution in [0, 0.1) is 11.8 Å². The van der Waals surface area contributed by atoms with Gasteiger partial charge in [0.2, 0.25) is 0 Å². The molecule has 60 heavy (non-hydrogen) atoms. The maximum atomic E-state index is 5.41. The van der Waals surface area contributed by atoms with E-state index >= 15 is 0 Å². The summed E-state index contributed by atoms with van der Waals surface area (Å²) < 4.78 is 0. The molecule has 2 unspecified atom stereocenters.